The van der Waals surface area contributed by atoms with E-state index in [1.165, 1.54) is 23.3 Å². The van der Waals surface area contributed by atoms with E-state index >= 15 is 0 Å². The Kier molecular flexibility index (Phi) is 5.04. The first-order chi connectivity index (χ1) is 13.8. The Balaban J connectivity index is 1.65. The number of furan rings is 1. The zero-order valence-corrected chi connectivity index (χ0v) is 15.4. The molecular weight excluding hydrogens is 411 g/mol. The maximum Gasteiger partial charge on any atom is 0.469 e. The van der Waals surface area contributed by atoms with Crippen LogP contribution in [-0.2, 0) is 13.8 Å². The number of aldehydes is 1. The minimum atomic E-state index is -4.77. The van der Waals surface area contributed by atoms with E-state index in [4.69, 9.17) is 18.9 Å². The number of phosphoric ester groups is 1. The van der Waals surface area contributed by atoms with Crippen LogP contribution in [0.2, 0.25) is 0 Å². The largest absolute Gasteiger partial charge is 0.469 e. The molecule has 0 aromatic carbocycles. The SMILES string of the molecule is O=Cc1ccc(-c2ncnc3c2ncn3[C@@H]2O[C@H](COP(=O)(O)O)[C@@H](O)[C@H]2O)o1. The molecule has 154 valence electrons. The van der Waals surface area contributed by atoms with E-state index in [9.17, 15) is 19.6 Å². The number of aliphatic hydroxyl groups excluding tert-OH is 2. The van der Waals surface area contributed by atoms with E-state index in [1.807, 2.05) is 0 Å². The Morgan fingerprint density at radius 3 is 2.69 bits per heavy atom. The molecule has 0 unspecified atom stereocenters. The molecule has 0 spiro atoms. The predicted molar refractivity (Wildman–Crippen MR) is 92.3 cm³/mol. The Morgan fingerprint density at radius 2 is 2.00 bits per heavy atom. The highest BCUT2D eigenvalue weighted by atomic mass is 31.2. The van der Waals surface area contributed by atoms with Crippen molar-refractivity contribution < 1.29 is 43.0 Å². The van der Waals surface area contributed by atoms with Crippen LogP contribution in [0.25, 0.3) is 22.6 Å². The summed E-state index contributed by atoms with van der Waals surface area (Å²) in [5.41, 5.74) is 0.836. The molecule has 0 amide bonds. The number of aliphatic hydroxyl groups is 2. The van der Waals surface area contributed by atoms with E-state index in [1.54, 1.807) is 6.07 Å². The number of hydrogen-bond donors (Lipinski definition) is 4. The monoisotopic (exact) mass is 426 g/mol. The molecule has 3 aromatic rings. The van der Waals surface area contributed by atoms with Gasteiger partial charge in [0.25, 0.3) is 0 Å². The van der Waals surface area contributed by atoms with Crippen molar-refractivity contribution in [1.29, 1.82) is 0 Å². The van der Waals surface area contributed by atoms with Gasteiger partial charge in [0, 0.05) is 0 Å². The van der Waals surface area contributed by atoms with Gasteiger partial charge in [-0.2, -0.15) is 0 Å². The van der Waals surface area contributed by atoms with E-state index in [0.717, 1.165) is 0 Å². The molecule has 4 atom stereocenters. The van der Waals surface area contributed by atoms with E-state index in [-0.39, 0.29) is 17.2 Å². The van der Waals surface area contributed by atoms with Gasteiger partial charge in [0.1, 0.15) is 35.8 Å². The molecule has 0 bridgehead atoms. The summed E-state index contributed by atoms with van der Waals surface area (Å²) >= 11 is 0. The van der Waals surface area contributed by atoms with Crippen LogP contribution >= 0.6 is 7.82 Å². The second-order valence-electron chi connectivity index (χ2n) is 6.20. The lowest BCUT2D eigenvalue weighted by molar-refractivity contribution is -0.0504. The van der Waals surface area contributed by atoms with Gasteiger partial charge < -0.3 is 29.2 Å². The maximum atomic E-state index is 10.9. The van der Waals surface area contributed by atoms with E-state index in [0.29, 0.717) is 17.5 Å². The highest BCUT2D eigenvalue weighted by Gasteiger charge is 2.45. The molecule has 1 aliphatic heterocycles. The van der Waals surface area contributed by atoms with Crippen LogP contribution in [-0.4, -0.2) is 70.7 Å². The predicted octanol–water partition coefficient (Wildman–Crippen LogP) is -0.373. The number of ether oxygens (including phenoxy) is 1. The second-order valence-corrected chi connectivity index (χ2v) is 7.44. The molecule has 14 heteroatoms. The molecule has 4 heterocycles. The number of phosphoric acid groups is 1. The van der Waals surface area contributed by atoms with Crippen molar-refractivity contribution in [2.75, 3.05) is 6.61 Å². The summed E-state index contributed by atoms with van der Waals surface area (Å²) in [6, 6.07) is 3.02. The molecule has 1 fully saturated rings. The number of carbonyl (C=O) groups excluding carboxylic acids is 1. The number of carbonyl (C=O) groups is 1. The number of imidazole rings is 1. The Morgan fingerprint density at radius 1 is 1.21 bits per heavy atom. The first-order valence-electron chi connectivity index (χ1n) is 8.23. The number of hydrogen-bond acceptors (Lipinski definition) is 10. The summed E-state index contributed by atoms with van der Waals surface area (Å²) in [5, 5.41) is 20.5. The van der Waals surface area contributed by atoms with Gasteiger partial charge in [-0.05, 0) is 12.1 Å². The summed E-state index contributed by atoms with van der Waals surface area (Å²) in [5.74, 6) is 0.391. The summed E-state index contributed by atoms with van der Waals surface area (Å²) in [6.07, 6.45) is -2.17. The Bertz CT molecular complexity index is 1090. The summed E-state index contributed by atoms with van der Waals surface area (Å²) < 4.78 is 27.5. The molecule has 1 aliphatic rings. The molecule has 0 radical (unpaired) electrons. The normalized spacial score (nSPS) is 25.0. The molecule has 0 saturated carbocycles. The maximum absolute atomic E-state index is 10.9. The summed E-state index contributed by atoms with van der Waals surface area (Å²) in [4.78, 5) is 40.9. The van der Waals surface area contributed by atoms with Crippen molar-refractivity contribution >= 4 is 25.3 Å². The van der Waals surface area contributed by atoms with Crippen LogP contribution in [0.15, 0.2) is 29.2 Å². The van der Waals surface area contributed by atoms with Crippen LogP contribution in [0.4, 0.5) is 0 Å². The molecule has 0 aliphatic carbocycles. The van der Waals surface area contributed by atoms with Crippen LogP contribution in [0, 0.1) is 0 Å². The second kappa shape index (κ2) is 7.39. The Labute approximate surface area is 161 Å². The van der Waals surface area contributed by atoms with Crippen molar-refractivity contribution in [2.24, 2.45) is 0 Å². The van der Waals surface area contributed by atoms with Gasteiger partial charge in [-0.1, -0.05) is 0 Å². The number of rotatable bonds is 6. The Hall–Kier alpha value is -2.51. The molecule has 13 nitrogen and oxygen atoms in total. The zero-order chi connectivity index (χ0) is 20.8. The molecule has 4 rings (SSSR count). The standard InChI is InChI=1S/C15H15N4O9P/c20-3-7-1-2-8(27-7)10-11-14(17-5-16-10)19(6-18-11)15-13(22)12(21)9(28-15)4-26-29(23,24)25/h1-3,5-6,9,12-13,15,21-22H,4H2,(H2,23,24,25)/t9-,12-,13-,15-/m1/s1. The minimum Gasteiger partial charge on any atom is -0.452 e. The lowest BCUT2D eigenvalue weighted by Gasteiger charge is -2.16. The third-order valence-corrected chi connectivity index (χ3v) is 4.84. The van der Waals surface area contributed by atoms with Crippen molar-refractivity contribution in [2.45, 2.75) is 24.5 Å². The third kappa shape index (κ3) is 3.72. The van der Waals surface area contributed by atoms with Crippen molar-refractivity contribution in [3.63, 3.8) is 0 Å². The number of aromatic nitrogens is 4. The zero-order valence-electron chi connectivity index (χ0n) is 14.5. The van der Waals surface area contributed by atoms with Gasteiger partial charge in [-0.15, -0.1) is 0 Å². The topological polar surface area (TPSA) is 190 Å². The average Bonchev–Trinajstić information content (AvgIpc) is 3.38. The smallest absolute Gasteiger partial charge is 0.452 e. The first kappa shape index (κ1) is 19.8. The fraction of sp³-hybridized carbons (Fsp3) is 0.333. The van der Waals surface area contributed by atoms with Crippen LogP contribution in [0.3, 0.4) is 0 Å². The van der Waals surface area contributed by atoms with E-state index in [2.05, 4.69) is 19.5 Å². The molecule has 4 N–H and O–H groups in total. The lowest BCUT2D eigenvalue weighted by Crippen LogP contribution is -2.33. The van der Waals surface area contributed by atoms with Gasteiger partial charge in [-0.25, -0.2) is 19.5 Å². The van der Waals surface area contributed by atoms with Gasteiger partial charge in [0.05, 0.1) is 12.9 Å². The fourth-order valence-electron chi connectivity index (χ4n) is 3.03. The summed E-state index contributed by atoms with van der Waals surface area (Å²) in [6.45, 7) is -0.632. The molecule has 3 aromatic heterocycles. The third-order valence-electron chi connectivity index (χ3n) is 4.35. The van der Waals surface area contributed by atoms with Crippen molar-refractivity contribution in [3.8, 4) is 11.5 Å². The molecule has 29 heavy (non-hydrogen) atoms. The number of fused-ring (bicyclic) bond motifs is 1. The molecular formula is C15H15N4O9P. The van der Waals surface area contributed by atoms with Crippen LogP contribution in [0.1, 0.15) is 16.8 Å². The first-order valence-corrected chi connectivity index (χ1v) is 9.76. The number of nitrogens with zero attached hydrogens (tertiary/aromatic N) is 4. The van der Waals surface area contributed by atoms with Gasteiger partial charge in [0.2, 0.25) is 0 Å². The van der Waals surface area contributed by atoms with E-state index < -0.39 is 39.0 Å². The quantitative estimate of drug-likeness (QED) is 0.296. The highest BCUT2D eigenvalue weighted by Crippen LogP contribution is 2.39. The summed E-state index contributed by atoms with van der Waals surface area (Å²) in [7, 11) is -4.77. The average molecular weight is 426 g/mol. The minimum absolute atomic E-state index is 0.108. The fourth-order valence-corrected chi connectivity index (χ4v) is 3.37. The van der Waals surface area contributed by atoms with Gasteiger partial charge in [-0.3, -0.25) is 13.9 Å². The highest BCUT2D eigenvalue weighted by molar-refractivity contribution is 7.46. The van der Waals surface area contributed by atoms with Crippen molar-refractivity contribution in [3.05, 3.63) is 30.5 Å². The van der Waals surface area contributed by atoms with Gasteiger partial charge in [0.15, 0.2) is 29.7 Å². The lowest BCUT2D eigenvalue weighted by atomic mass is 10.1. The van der Waals surface area contributed by atoms with Gasteiger partial charge >= 0.3 is 7.82 Å². The van der Waals surface area contributed by atoms with Crippen LogP contribution < -0.4 is 0 Å². The van der Waals surface area contributed by atoms with Crippen molar-refractivity contribution in [1.82, 2.24) is 19.5 Å². The molecule has 1 saturated heterocycles. The van der Waals surface area contributed by atoms with Crippen LogP contribution in [0.5, 0.6) is 0 Å².